The van der Waals surface area contributed by atoms with Crippen molar-refractivity contribution in [3.63, 3.8) is 0 Å². The second-order valence-corrected chi connectivity index (χ2v) is 3.56. The highest BCUT2D eigenvalue weighted by molar-refractivity contribution is 5.41. The van der Waals surface area contributed by atoms with Crippen LogP contribution in [0.5, 0.6) is 0 Å². The number of nitrogens with zero attached hydrogens (tertiary/aromatic N) is 3. The fourth-order valence-corrected chi connectivity index (χ4v) is 1.43. The van der Waals surface area contributed by atoms with E-state index in [4.69, 9.17) is 4.42 Å². The third-order valence-electron chi connectivity index (χ3n) is 2.32. The van der Waals surface area contributed by atoms with Crippen molar-refractivity contribution >= 4 is 17.8 Å². The minimum atomic E-state index is 0.523. The molecule has 0 spiro atoms. The van der Waals surface area contributed by atoms with Crippen LogP contribution in [-0.4, -0.2) is 35.6 Å². The van der Waals surface area contributed by atoms with Gasteiger partial charge in [0.05, 0.1) is 6.26 Å². The number of hydrogen-bond acceptors (Lipinski definition) is 7. The van der Waals surface area contributed by atoms with E-state index in [9.17, 15) is 0 Å². The predicted octanol–water partition coefficient (Wildman–Crippen LogP) is 1.20. The van der Waals surface area contributed by atoms with Gasteiger partial charge in [-0.1, -0.05) is 0 Å². The quantitative estimate of drug-likeness (QED) is 0.708. The van der Waals surface area contributed by atoms with Crippen molar-refractivity contribution in [3.05, 3.63) is 24.2 Å². The minimum Gasteiger partial charge on any atom is -0.469 e. The topological polar surface area (TPSA) is 87.9 Å². The maximum Gasteiger partial charge on any atom is 0.229 e. The summed E-state index contributed by atoms with van der Waals surface area (Å²) in [4.78, 5) is 12.5. The standard InChI is InChI=1S/C11H16N6O/c1-12-9-15-10(13-2)17-11(16-9)14-6-5-8-4-3-7-18-8/h3-4,7H,5-6H2,1-2H3,(H3,12,13,14,15,16,17). The van der Waals surface area contributed by atoms with Crippen LogP contribution < -0.4 is 16.0 Å². The molecule has 2 aromatic rings. The molecule has 2 heterocycles. The van der Waals surface area contributed by atoms with Crippen molar-refractivity contribution < 1.29 is 4.42 Å². The van der Waals surface area contributed by atoms with Crippen molar-refractivity contribution in [2.24, 2.45) is 0 Å². The Morgan fingerprint density at radius 1 is 1.06 bits per heavy atom. The number of nitrogens with one attached hydrogen (secondary N) is 3. The molecule has 96 valence electrons. The summed E-state index contributed by atoms with van der Waals surface area (Å²) in [5, 5.41) is 8.90. The van der Waals surface area contributed by atoms with Gasteiger partial charge in [0.15, 0.2) is 0 Å². The highest BCUT2D eigenvalue weighted by Crippen LogP contribution is 2.08. The Morgan fingerprint density at radius 2 is 1.72 bits per heavy atom. The van der Waals surface area contributed by atoms with Gasteiger partial charge >= 0.3 is 0 Å². The average Bonchev–Trinajstić information content (AvgIpc) is 2.91. The molecule has 0 unspecified atom stereocenters. The number of hydrogen-bond donors (Lipinski definition) is 3. The molecule has 0 saturated heterocycles. The molecular weight excluding hydrogens is 232 g/mol. The van der Waals surface area contributed by atoms with E-state index in [2.05, 4.69) is 30.9 Å². The summed E-state index contributed by atoms with van der Waals surface area (Å²) in [6.45, 7) is 0.698. The van der Waals surface area contributed by atoms with Gasteiger partial charge < -0.3 is 20.4 Å². The fourth-order valence-electron chi connectivity index (χ4n) is 1.43. The van der Waals surface area contributed by atoms with Gasteiger partial charge in [0.25, 0.3) is 0 Å². The van der Waals surface area contributed by atoms with Crippen LogP contribution in [0.4, 0.5) is 17.8 Å². The Labute approximate surface area is 105 Å². The van der Waals surface area contributed by atoms with Crippen molar-refractivity contribution in [2.75, 3.05) is 36.6 Å². The lowest BCUT2D eigenvalue weighted by molar-refractivity contribution is 0.512. The van der Waals surface area contributed by atoms with Gasteiger partial charge in [-0.3, -0.25) is 0 Å². The first kappa shape index (κ1) is 12.2. The van der Waals surface area contributed by atoms with Crippen LogP contribution in [0.3, 0.4) is 0 Å². The van der Waals surface area contributed by atoms with Crippen molar-refractivity contribution in [1.82, 2.24) is 15.0 Å². The zero-order chi connectivity index (χ0) is 12.8. The molecule has 0 amide bonds. The lowest BCUT2D eigenvalue weighted by Crippen LogP contribution is -2.11. The lowest BCUT2D eigenvalue weighted by atomic mass is 10.3. The van der Waals surface area contributed by atoms with Gasteiger partial charge in [-0.2, -0.15) is 15.0 Å². The number of furan rings is 1. The molecule has 0 aliphatic heterocycles. The van der Waals surface area contributed by atoms with Crippen LogP contribution in [0, 0.1) is 0 Å². The van der Waals surface area contributed by atoms with Crippen molar-refractivity contribution in [2.45, 2.75) is 6.42 Å². The minimum absolute atomic E-state index is 0.523. The highest BCUT2D eigenvalue weighted by Gasteiger charge is 2.04. The molecule has 7 nitrogen and oxygen atoms in total. The van der Waals surface area contributed by atoms with Gasteiger partial charge in [0.2, 0.25) is 17.8 Å². The molecule has 0 bridgehead atoms. The molecule has 2 aromatic heterocycles. The summed E-state index contributed by atoms with van der Waals surface area (Å²) in [7, 11) is 3.53. The lowest BCUT2D eigenvalue weighted by Gasteiger charge is -2.07. The van der Waals surface area contributed by atoms with Gasteiger partial charge in [-0.05, 0) is 12.1 Å². The van der Waals surface area contributed by atoms with E-state index in [-0.39, 0.29) is 0 Å². The SMILES string of the molecule is CNc1nc(NC)nc(NCCc2ccco2)n1. The van der Waals surface area contributed by atoms with E-state index in [1.54, 1.807) is 20.4 Å². The molecule has 0 saturated carbocycles. The molecule has 2 rings (SSSR count). The third kappa shape index (κ3) is 3.09. The molecule has 0 fully saturated rings. The average molecular weight is 248 g/mol. The largest absolute Gasteiger partial charge is 0.469 e. The Morgan fingerprint density at radius 3 is 2.28 bits per heavy atom. The second kappa shape index (κ2) is 5.85. The maximum absolute atomic E-state index is 5.24. The number of anilines is 3. The maximum atomic E-state index is 5.24. The van der Waals surface area contributed by atoms with Gasteiger partial charge in [-0.25, -0.2) is 0 Å². The fraction of sp³-hybridized carbons (Fsp3) is 0.364. The molecule has 0 aliphatic rings. The van der Waals surface area contributed by atoms with Gasteiger partial charge in [-0.15, -0.1) is 0 Å². The smallest absolute Gasteiger partial charge is 0.229 e. The monoisotopic (exact) mass is 248 g/mol. The van der Waals surface area contributed by atoms with E-state index in [0.29, 0.717) is 24.4 Å². The van der Waals surface area contributed by atoms with Crippen LogP contribution in [0.25, 0.3) is 0 Å². The summed E-state index contributed by atoms with van der Waals surface area (Å²) in [5.41, 5.74) is 0. The molecule has 7 heteroatoms. The summed E-state index contributed by atoms with van der Waals surface area (Å²) >= 11 is 0. The molecule has 3 N–H and O–H groups in total. The van der Waals surface area contributed by atoms with Crippen LogP contribution in [0.1, 0.15) is 5.76 Å². The highest BCUT2D eigenvalue weighted by atomic mass is 16.3. The number of rotatable bonds is 6. The summed E-state index contributed by atoms with van der Waals surface area (Å²) in [6, 6.07) is 3.81. The van der Waals surface area contributed by atoms with E-state index < -0.39 is 0 Å². The Hall–Kier alpha value is -2.31. The van der Waals surface area contributed by atoms with E-state index in [1.165, 1.54) is 0 Å². The zero-order valence-corrected chi connectivity index (χ0v) is 10.4. The van der Waals surface area contributed by atoms with Gasteiger partial charge in [0.1, 0.15) is 5.76 Å². The summed E-state index contributed by atoms with van der Waals surface area (Å²) in [6.07, 6.45) is 2.44. The van der Waals surface area contributed by atoms with Crippen LogP contribution in [0.15, 0.2) is 22.8 Å². The van der Waals surface area contributed by atoms with Gasteiger partial charge in [0, 0.05) is 27.1 Å². The van der Waals surface area contributed by atoms with Crippen molar-refractivity contribution in [1.29, 1.82) is 0 Å². The summed E-state index contributed by atoms with van der Waals surface area (Å²) in [5.74, 6) is 2.51. The Balaban J connectivity index is 1.95. The van der Waals surface area contributed by atoms with E-state index >= 15 is 0 Å². The van der Waals surface area contributed by atoms with Crippen LogP contribution in [0.2, 0.25) is 0 Å². The Bertz CT molecular complexity index is 462. The second-order valence-electron chi connectivity index (χ2n) is 3.56. The first-order valence-electron chi connectivity index (χ1n) is 5.69. The predicted molar refractivity (Wildman–Crippen MR) is 69.8 cm³/mol. The number of aromatic nitrogens is 3. The molecule has 0 aromatic carbocycles. The first-order chi connectivity index (χ1) is 8.81. The molecule has 0 aliphatic carbocycles. The van der Waals surface area contributed by atoms with E-state index in [1.807, 2.05) is 12.1 Å². The molecule has 0 atom stereocenters. The third-order valence-corrected chi connectivity index (χ3v) is 2.32. The normalized spacial score (nSPS) is 10.1. The van der Waals surface area contributed by atoms with Crippen LogP contribution >= 0.6 is 0 Å². The van der Waals surface area contributed by atoms with E-state index in [0.717, 1.165) is 12.2 Å². The summed E-state index contributed by atoms with van der Waals surface area (Å²) < 4.78 is 5.24. The zero-order valence-electron chi connectivity index (χ0n) is 10.4. The first-order valence-corrected chi connectivity index (χ1v) is 5.69. The Kier molecular flexibility index (Phi) is 3.95. The molecule has 0 radical (unpaired) electrons. The van der Waals surface area contributed by atoms with Crippen molar-refractivity contribution in [3.8, 4) is 0 Å². The molecule has 18 heavy (non-hydrogen) atoms. The van der Waals surface area contributed by atoms with Crippen LogP contribution in [-0.2, 0) is 6.42 Å². The molecular formula is C11H16N6O.